The molecule has 0 atom stereocenters. The Bertz CT molecular complexity index is 371. The Labute approximate surface area is 113 Å². The van der Waals surface area contributed by atoms with Crippen molar-refractivity contribution in [2.75, 3.05) is 24.2 Å². The number of amides is 1. The van der Waals surface area contributed by atoms with Gasteiger partial charge >= 0.3 is 0 Å². The zero-order valence-electron chi connectivity index (χ0n) is 11.0. The molecule has 0 aromatic carbocycles. The average molecular weight is 267 g/mol. The molecule has 0 radical (unpaired) electrons. The van der Waals surface area contributed by atoms with Gasteiger partial charge in [-0.15, -0.1) is 11.8 Å². The third-order valence-corrected chi connectivity index (χ3v) is 3.22. The maximum Gasteiger partial charge on any atom is 0.230 e. The second kappa shape index (κ2) is 8.80. The van der Waals surface area contributed by atoms with Gasteiger partial charge in [0.2, 0.25) is 5.91 Å². The van der Waals surface area contributed by atoms with Gasteiger partial charge in [0.05, 0.1) is 5.75 Å². The summed E-state index contributed by atoms with van der Waals surface area (Å²) in [6.45, 7) is 5.82. The van der Waals surface area contributed by atoms with E-state index in [0.29, 0.717) is 5.75 Å². The first-order valence-electron chi connectivity index (χ1n) is 6.35. The normalized spacial score (nSPS) is 10.1. The minimum atomic E-state index is 0.0849. The summed E-state index contributed by atoms with van der Waals surface area (Å²) in [6.07, 6.45) is 3.81. The van der Waals surface area contributed by atoms with Crippen molar-refractivity contribution < 1.29 is 4.79 Å². The largest absolute Gasteiger partial charge is 0.370 e. The van der Waals surface area contributed by atoms with Gasteiger partial charge in [0.1, 0.15) is 5.82 Å². The summed E-state index contributed by atoms with van der Waals surface area (Å²) in [6, 6.07) is 3.91. The molecule has 0 unspecified atom stereocenters. The fraction of sp³-hybridized carbons (Fsp3) is 0.538. The number of hydrogen-bond acceptors (Lipinski definition) is 4. The van der Waals surface area contributed by atoms with Gasteiger partial charge in [-0.2, -0.15) is 0 Å². The van der Waals surface area contributed by atoms with E-state index in [4.69, 9.17) is 0 Å². The number of carbonyl (C=O) groups is 1. The Hall–Kier alpha value is -1.23. The predicted molar refractivity (Wildman–Crippen MR) is 77.0 cm³/mol. The topological polar surface area (TPSA) is 54.0 Å². The Kier molecular flexibility index (Phi) is 7.25. The molecule has 4 nitrogen and oxygen atoms in total. The van der Waals surface area contributed by atoms with Crippen LogP contribution >= 0.6 is 11.8 Å². The molecule has 18 heavy (non-hydrogen) atoms. The standard InChI is InChI=1S/C13H21N3OS/c1-3-6-14-12-9-11(5-8-15-12)18-10-13(17)16-7-4-2/h5,8-9H,3-4,6-7,10H2,1-2H3,(H,14,15)(H,16,17). The van der Waals surface area contributed by atoms with Crippen molar-refractivity contribution in [3.05, 3.63) is 18.3 Å². The number of nitrogens with one attached hydrogen (secondary N) is 2. The highest BCUT2D eigenvalue weighted by Crippen LogP contribution is 2.19. The minimum Gasteiger partial charge on any atom is -0.370 e. The summed E-state index contributed by atoms with van der Waals surface area (Å²) in [5.41, 5.74) is 0. The Morgan fingerprint density at radius 1 is 1.33 bits per heavy atom. The molecule has 1 aromatic heterocycles. The van der Waals surface area contributed by atoms with Gasteiger partial charge in [-0.25, -0.2) is 4.98 Å². The first-order valence-corrected chi connectivity index (χ1v) is 7.34. The third-order valence-electron chi connectivity index (χ3n) is 2.23. The van der Waals surface area contributed by atoms with Crippen LogP contribution in [0.2, 0.25) is 0 Å². The summed E-state index contributed by atoms with van der Waals surface area (Å²) in [5, 5.41) is 6.09. The van der Waals surface area contributed by atoms with E-state index in [0.717, 1.165) is 36.6 Å². The van der Waals surface area contributed by atoms with Crippen molar-refractivity contribution in [1.29, 1.82) is 0 Å². The van der Waals surface area contributed by atoms with E-state index < -0.39 is 0 Å². The molecule has 0 bridgehead atoms. The molecule has 1 heterocycles. The summed E-state index contributed by atoms with van der Waals surface area (Å²) in [4.78, 5) is 16.8. The third kappa shape index (κ3) is 5.91. The number of nitrogens with zero attached hydrogens (tertiary/aromatic N) is 1. The van der Waals surface area contributed by atoms with Gasteiger partial charge in [-0.1, -0.05) is 13.8 Å². The number of hydrogen-bond donors (Lipinski definition) is 2. The van der Waals surface area contributed by atoms with Crippen LogP contribution in [0.4, 0.5) is 5.82 Å². The number of pyridine rings is 1. The first-order chi connectivity index (χ1) is 8.76. The molecule has 1 aromatic rings. The molecule has 1 rings (SSSR count). The van der Waals surface area contributed by atoms with E-state index in [-0.39, 0.29) is 5.91 Å². The molecule has 2 N–H and O–H groups in total. The number of aromatic nitrogens is 1. The van der Waals surface area contributed by atoms with Crippen LogP contribution in [0.3, 0.4) is 0 Å². The molecule has 0 saturated heterocycles. The van der Waals surface area contributed by atoms with E-state index in [1.165, 1.54) is 11.8 Å². The number of carbonyl (C=O) groups excluding carboxylic acids is 1. The second-order valence-corrected chi connectivity index (χ2v) is 4.99. The summed E-state index contributed by atoms with van der Waals surface area (Å²) < 4.78 is 0. The van der Waals surface area contributed by atoms with E-state index >= 15 is 0 Å². The fourth-order valence-electron chi connectivity index (χ4n) is 1.32. The van der Waals surface area contributed by atoms with E-state index in [9.17, 15) is 4.79 Å². The van der Waals surface area contributed by atoms with Crippen molar-refractivity contribution in [2.45, 2.75) is 31.6 Å². The SMILES string of the molecule is CCCNC(=O)CSc1ccnc(NCCC)c1. The van der Waals surface area contributed by atoms with Crippen LogP contribution < -0.4 is 10.6 Å². The van der Waals surface area contributed by atoms with E-state index in [1.54, 1.807) is 6.20 Å². The van der Waals surface area contributed by atoms with Crippen LogP contribution in [0.5, 0.6) is 0 Å². The molecular weight excluding hydrogens is 246 g/mol. The molecule has 0 aliphatic rings. The molecule has 1 amide bonds. The summed E-state index contributed by atoms with van der Waals surface area (Å²) in [7, 11) is 0. The zero-order valence-corrected chi connectivity index (χ0v) is 11.8. The molecule has 0 fully saturated rings. The van der Waals surface area contributed by atoms with Crippen molar-refractivity contribution >= 4 is 23.5 Å². The quantitative estimate of drug-likeness (QED) is 0.711. The Morgan fingerprint density at radius 3 is 2.83 bits per heavy atom. The Morgan fingerprint density at radius 2 is 2.11 bits per heavy atom. The molecule has 0 aliphatic carbocycles. The molecule has 0 aliphatic heterocycles. The highest BCUT2D eigenvalue weighted by molar-refractivity contribution is 8.00. The smallest absolute Gasteiger partial charge is 0.230 e. The summed E-state index contributed by atoms with van der Waals surface area (Å²) in [5.74, 6) is 1.41. The summed E-state index contributed by atoms with van der Waals surface area (Å²) >= 11 is 1.53. The van der Waals surface area contributed by atoms with Gasteiger partial charge < -0.3 is 10.6 Å². The lowest BCUT2D eigenvalue weighted by Gasteiger charge is -2.06. The van der Waals surface area contributed by atoms with Crippen molar-refractivity contribution in [3.63, 3.8) is 0 Å². The lowest BCUT2D eigenvalue weighted by atomic mass is 10.4. The van der Waals surface area contributed by atoms with Gasteiger partial charge in [0.15, 0.2) is 0 Å². The lowest BCUT2D eigenvalue weighted by molar-refractivity contribution is -0.118. The van der Waals surface area contributed by atoms with E-state index in [1.807, 2.05) is 19.1 Å². The van der Waals surface area contributed by atoms with E-state index in [2.05, 4.69) is 22.5 Å². The number of thioether (sulfide) groups is 1. The predicted octanol–water partition coefficient (Wildman–Crippen LogP) is 2.52. The first kappa shape index (κ1) is 14.8. The van der Waals surface area contributed by atoms with Crippen LogP contribution in [0, 0.1) is 0 Å². The maximum atomic E-state index is 11.5. The average Bonchev–Trinajstić information content (AvgIpc) is 2.41. The van der Waals surface area contributed by atoms with Crippen LogP contribution in [0.25, 0.3) is 0 Å². The monoisotopic (exact) mass is 267 g/mol. The van der Waals surface area contributed by atoms with Gasteiger partial charge in [-0.3, -0.25) is 4.79 Å². The highest BCUT2D eigenvalue weighted by atomic mass is 32.2. The van der Waals surface area contributed by atoms with Gasteiger partial charge in [0.25, 0.3) is 0 Å². The lowest BCUT2D eigenvalue weighted by Crippen LogP contribution is -2.25. The zero-order chi connectivity index (χ0) is 13.2. The minimum absolute atomic E-state index is 0.0849. The number of anilines is 1. The van der Waals surface area contributed by atoms with Crippen LogP contribution in [0.15, 0.2) is 23.2 Å². The molecule has 0 saturated carbocycles. The van der Waals surface area contributed by atoms with Crippen molar-refractivity contribution in [3.8, 4) is 0 Å². The molecule has 5 heteroatoms. The molecule has 0 spiro atoms. The van der Waals surface area contributed by atoms with Gasteiger partial charge in [-0.05, 0) is 25.0 Å². The second-order valence-electron chi connectivity index (χ2n) is 3.94. The van der Waals surface area contributed by atoms with Crippen LogP contribution in [-0.4, -0.2) is 29.7 Å². The van der Waals surface area contributed by atoms with Crippen LogP contribution in [-0.2, 0) is 4.79 Å². The Balaban J connectivity index is 2.39. The van der Waals surface area contributed by atoms with Crippen LogP contribution in [0.1, 0.15) is 26.7 Å². The maximum absolute atomic E-state index is 11.5. The number of rotatable bonds is 8. The van der Waals surface area contributed by atoms with Gasteiger partial charge in [0, 0.05) is 24.2 Å². The van der Waals surface area contributed by atoms with Crippen molar-refractivity contribution in [2.24, 2.45) is 0 Å². The van der Waals surface area contributed by atoms with Crippen molar-refractivity contribution in [1.82, 2.24) is 10.3 Å². The molecular formula is C13H21N3OS. The molecule has 100 valence electrons. The highest BCUT2D eigenvalue weighted by Gasteiger charge is 2.02. The fourth-order valence-corrected chi connectivity index (χ4v) is 2.07.